The summed E-state index contributed by atoms with van der Waals surface area (Å²) in [5.41, 5.74) is 0.533. The van der Waals surface area contributed by atoms with Gasteiger partial charge in [-0.2, -0.15) is 0 Å². The summed E-state index contributed by atoms with van der Waals surface area (Å²) in [7, 11) is 1.70. The van der Waals surface area contributed by atoms with Gasteiger partial charge in [-0.3, -0.25) is 9.59 Å². The number of rotatable bonds is 5. The molecule has 6 heteroatoms. The summed E-state index contributed by atoms with van der Waals surface area (Å²) < 4.78 is 10.6. The average Bonchev–Trinajstić information content (AvgIpc) is 3.08. The molecule has 2 heterocycles. The molecule has 1 fully saturated rings. The zero-order chi connectivity index (χ0) is 18.6. The van der Waals surface area contributed by atoms with Gasteiger partial charge in [0.2, 0.25) is 12.7 Å². The van der Waals surface area contributed by atoms with Gasteiger partial charge in [0.25, 0.3) is 0 Å². The monoisotopic (exact) mass is 348 g/mol. The molecule has 0 aliphatic carbocycles. The molecule has 0 N–H and O–H groups in total. The molecule has 0 unspecified atom stereocenters. The summed E-state index contributed by atoms with van der Waals surface area (Å²) >= 11 is 0. The fraction of sp³-hybridized carbons (Fsp3) is 0.579. The third-order valence-corrected chi connectivity index (χ3v) is 4.72. The highest BCUT2D eigenvalue weighted by Crippen LogP contribution is 2.33. The number of likely N-dealkylation sites (N-methyl/N-ethyl adjacent to an activating group) is 1. The predicted octanol–water partition coefficient (Wildman–Crippen LogP) is 2.42. The summed E-state index contributed by atoms with van der Waals surface area (Å²) in [5.74, 6) is 1.18. The van der Waals surface area contributed by atoms with Gasteiger partial charge in [0.1, 0.15) is 0 Å². The van der Waals surface area contributed by atoms with Crippen LogP contribution in [-0.4, -0.2) is 61.0 Å². The number of likely N-dealkylation sites (tertiary alicyclic amines) is 1. The number of nitrogens with zero attached hydrogens (tertiary/aromatic N) is 2. The van der Waals surface area contributed by atoms with E-state index in [0.717, 1.165) is 19.6 Å². The van der Waals surface area contributed by atoms with E-state index in [4.69, 9.17) is 9.47 Å². The second-order valence-corrected chi connectivity index (χ2v) is 6.11. The van der Waals surface area contributed by atoms with Crippen LogP contribution in [0.25, 0.3) is 0 Å². The Hall–Kier alpha value is -2.08. The molecule has 1 aromatic carbocycles. The molecule has 1 aromatic rings. The minimum absolute atomic E-state index is 0.00644. The van der Waals surface area contributed by atoms with Crippen molar-refractivity contribution in [2.24, 2.45) is 5.92 Å². The Kier molecular flexibility index (Phi) is 6.42. The lowest BCUT2D eigenvalue weighted by Gasteiger charge is -2.40. The van der Waals surface area contributed by atoms with Crippen LogP contribution < -0.4 is 9.47 Å². The number of Topliss-reactive ketones (excluding diaryl/α,β-unsaturated/α-hetero) is 1. The number of fused-ring (bicyclic) bond motifs is 1. The molecule has 6 nitrogen and oxygen atoms in total. The minimum Gasteiger partial charge on any atom is -0.454 e. The summed E-state index contributed by atoms with van der Waals surface area (Å²) in [5, 5.41) is 0. The highest BCUT2D eigenvalue weighted by atomic mass is 16.7. The number of benzene rings is 1. The molecule has 0 radical (unpaired) electrons. The lowest BCUT2D eigenvalue weighted by molar-refractivity contribution is -0.140. The van der Waals surface area contributed by atoms with Crippen molar-refractivity contribution in [1.29, 1.82) is 0 Å². The van der Waals surface area contributed by atoms with Gasteiger partial charge in [-0.1, -0.05) is 20.8 Å². The predicted molar refractivity (Wildman–Crippen MR) is 96.1 cm³/mol. The van der Waals surface area contributed by atoms with E-state index in [-0.39, 0.29) is 24.4 Å². The molecule has 25 heavy (non-hydrogen) atoms. The first-order valence-electron chi connectivity index (χ1n) is 8.94. The lowest BCUT2D eigenvalue weighted by atomic mass is 9.96. The number of hydrogen-bond donors (Lipinski definition) is 0. The molecular weight excluding hydrogens is 320 g/mol. The Balaban J connectivity index is 0.00000109. The molecule has 1 atom stereocenters. The van der Waals surface area contributed by atoms with Crippen LogP contribution in [0.5, 0.6) is 11.5 Å². The van der Waals surface area contributed by atoms with E-state index in [2.05, 4.69) is 11.8 Å². The van der Waals surface area contributed by atoms with Crippen molar-refractivity contribution in [3.63, 3.8) is 0 Å². The summed E-state index contributed by atoms with van der Waals surface area (Å²) in [6.07, 6.45) is 0. The molecular formula is C19H28N2O4. The zero-order valence-corrected chi connectivity index (χ0v) is 15.7. The molecule has 2 aliphatic rings. The molecule has 0 aromatic heterocycles. The number of carbonyl (C=O) groups excluding carboxylic acids is 2. The van der Waals surface area contributed by atoms with Crippen molar-refractivity contribution in [3.8, 4) is 11.5 Å². The number of hydrogen-bond acceptors (Lipinski definition) is 5. The normalized spacial score (nSPS) is 17.2. The number of ketones is 1. The molecule has 1 amide bonds. The van der Waals surface area contributed by atoms with Crippen molar-refractivity contribution < 1.29 is 19.1 Å². The lowest BCUT2D eigenvalue weighted by Crippen LogP contribution is -2.55. The Labute approximate surface area is 149 Å². The van der Waals surface area contributed by atoms with Crippen molar-refractivity contribution in [2.45, 2.75) is 33.7 Å². The van der Waals surface area contributed by atoms with Crippen LogP contribution in [0.1, 0.15) is 38.1 Å². The van der Waals surface area contributed by atoms with Crippen LogP contribution >= 0.6 is 0 Å². The van der Waals surface area contributed by atoms with Crippen LogP contribution in [0.15, 0.2) is 18.2 Å². The topological polar surface area (TPSA) is 59.1 Å². The van der Waals surface area contributed by atoms with Crippen molar-refractivity contribution in [2.75, 3.05) is 33.5 Å². The molecule has 0 saturated carbocycles. The Bertz CT molecular complexity index is 626. The fourth-order valence-electron chi connectivity index (χ4n) is 2.93. The maximum absolute atomic E-state index is 12.6. The third-order valence-electron chi connectivity index (χ3n) is 4.72. The zero-order valence-electron chi connectivity index (χ0n) is 15.7. The van der Waals surface area contributed by atoms with E-state index < -0.39 is 6.04 Å². The van der Waals surface area contributed by atoms with E-state index in [1.54, 1.807) is 37.1 Å². The smallest absolute Gasteiger partial charge is 0.231 e. The first-order chi connectivity index (χ1) is 12.0. The molecule has 1 saturated heterocycles. The molecule has 3 rings (SSSR count). The Morgan fingerprint density at radius 2 is 1.88 bits per heavy atom. The fourth-order valence-corrected chi connectivity index (χ4v) is 2.93. The van der Waals surface area contributed by atoms with E-state index >= 15 is 0 Å². The number of amides is 1. The van der Waals surface area contributed by atoms with Crippen LogP contribution in [0.4, 0.5) is 0 Å². The van der Waals surface area contributed by atoms with Gasteiger partial charge < -0.3 is 19.3 Å². The SMILES string of the molecule is CC.CCN1CC(C(=O)N(C)[C@H](C)C(=O)c2ccc3c(c2)OCO3)C1. The van der Waals surface area contributed by atoms with E-state index in [9.17, 15) is 9.59 Å². The van der Waals surface area contributed by atoms with Crippen LogP contribution in [-0.2, 0) is 4.79 Å². The number of carbonyl (C=O) groups is 2. The van der Waals surface area contributed by atoms with Crippen molar-refractivity contribution in [1.82, 2.24) is 9.80 Å². The van der Waals surface area contributed by atoms with E-state index in [1.165, 1.54) is 0 Å². The quantitative estimate of drug-likeness (QED) is 0.765. The second-order valence-electron chi connectivity index (χ2n) is 6.11. The minimum atomic E-state index is -0.501. The average molecular weight is 348 g/mol. The van der Waals surface area contributed by atoms with Crippen LogP contribution in [0.3, 0.4) is 0 Å². The first kappa shape index (κ1) is 19.2. The summed E-state index contributed by atoms with van der Waals surface area (Å²) in [6, 6.07) is 4.63. The van der Waals surface area contributed by atoms with E-state index in [0.29, 0.717) is 17.1 Å². The summed E-state index contributed by atoms with van der Waals surface area (Å²) in [4.78, 5) is 28.9. The standard InChI is InChI=1S/C17H22N2O4.C2H6/c1-4-19-8-13(9-19)17(21)18(3)11(2)16(20)12-5-6-14-15(7-12)23-10-22-14;1-2/h5-7,11,13H,4,8-10H2,1-3H3;1-2H3/t11-;/m1./s1. The van der Waals surface area contributed by atoms with E-state index in [1.807, 2.05) is 13.8 Å². The van der Waals surface area contributed by atoms with Gasteiger partial charge in [-0.15, -0.1) is 0 Å². The maximum atomic E-state index is 12.6. The Morgan fingerprint density at radius 1 is 1.24 bits per heavy atom. The van der Waals surface area contributed by atoms with Crippen molar-refractivity contribution in [3.05, 3.63) is 23.8 Å². The van der Waals surface area contributed by atoms with Gasteiger partial charge in [0, 0.05) is 25.7 Å². The third kappa shape index (κ3) is 3.95. The van der Waals surface area contributed by atoms with Gasteiger partial charge in [0.05, 0.1) is 12.0 Å². The second kappa shape index (κ2) is 8.34. The van der Waals surface area contributed by atoms with Crippen LogP contribution in [0.2, 0.25) is 0 Å². The molecule has 138 valence electrons. The van der Waals surface area contributed by atoms with Gasteiger partial charge >= 0.3 is 0 Å². The van der Waals surface area contributed by atoms with Gasteiger partial charge in [-0.05, 0) is 31.7 Å². The molecule has 0 bridgehead atoms. The highest BCUT2D eigenvalue weighted by Gasteiger charge is 2.36. The van der Waals surface area contributed by atoms with Gasteiger partial charge in [0.15, 0.2) is 17.3 Å². The van der Waals surface area contributed by atoms with Gasteiger partial charge in [-0.25, -0.2) is 0 Å². The highest BCUT2D eigenvalue weighted by molar-refractivity contribution is 6.02. The molecule has 2 aliphatic heterocycles. The maximum Gasteiger partial charge on any atom is 0.231 e. The van der Waals surface area contributed by atoms with Crippen LogP contribution in [0, 0.1) is 5.92 Å². The van der Waals surface area contributed by atoms with Crippen molar-refractivity contribution >= 4 is 11.7 Å². The first-order valence-corrected chi connectivity index (χ1v) is 8.94. The largest absolute Gasteiger partial charge is 0.454 e. The summed E-state index contributed by atoms with van der Waals surface area (Å²) in [6.45, 7) is 10.5. The number of ether oxygens (including phenoxy) is 2. The Morgan fingerprint density at radius 3 is 2.52 bits per heavy atom. The molecule has 0 spiro atoms.